The number of nitrogens with zero attached hydrogens (tertiary/aromatic N) is 2. The van der Waals surface area contributed by atoms with Crippen molar-refractivity contribution < 1.29 is 22.7 Å². The van der Waals surface area contributed by atoms with Gasteiger partial charge in [0.1, 0.15) is 18.3 Å². The maximum atomic E-state index is 14.1. The highest BCUT2D eigenvalue weighted by molar-refractivity contribution is 7.92. The molecule has 1 N–H and O–H groups in total. The number of rotatable bonds is 12. The lowest BCUT2D eigenvalue weighted by Gasteiger charge is -2.32. The first-order valence-corrected chi connectivity index (χ1v) is 16.1. The maximum Gasteiger partial charge on any atom is 0.264 e. The summed E-state index contributed by atoms with van der Waals surface area (Å²) in [5.74, 6) is -0.191. The predicted molar refractivity (Wildman–Crippen MR) is 165 cm³/mol. The van der Waals surface area contributed by atoms with E-state index in [0.29, 0.717) is 23.1 Å². The number of hydrogen-bond donors (Lipinski definition) is 1. The van der Waals surface area contributed by atoms with Gasteiger partial charge in [-0.25, -0.2) is 8.42 Å². The van der Waals surface area contributed by atoms with Crippen molar-refractivity contribution in [2.24, 2.45) is 0 Å². The zero-order chi connectivity index (χ0) is 30.3. The molecule has 0 bridgehead atoms. The molecule has 1 aliphatic carbocycles. The van der Waals surface area contributed by atoms with E-state index in [-0.39, 0.29) is 23.4 Å². The summed E-state index contributed by atoms with van der Waals surface area (Å²) < 4.78 is 34.6. The Hall–Kier alpha value is -3.56. The molecule has 3 aromatic carbocycles. The maximum absolute atomic E-state index is 14.1. The van der Waals surface area contributed by atoms with Gasteiger partial charge in [-0.15, -0.1) is 0 Å². The van der Waals surface area contributed by atoms with E-state index in [1.165, 1.54) is 17.0 Å². The average molecular weight is 612 g/mol. The largest absolute Gasteiger partial charge is 0.494 e. The number of aryl methyl sites for hydroxylation is 1. The van der Waals surface area contributed by atoms with Crippen LogP contribution in [0.2, 0.25) is 5.02 Å². The molecular formula is C32H38ClN3O5S. The number of sulfonamides is 1. The Balaban J connectivity index is 1.68. The van der Waals surface area contributed by atoms with Crippen molar-refractivity contribution in [3.63, 3.8) is 0 Å². The lowest BCUT2D eigenvalue weighted by atomic mass is 10.1. The Kier molecular flexibility index (Phi) is 10.5. The zero-order valence-electron chi connectivity index (χ0n) is 24.3. The van der Waals surface area contributed by atoms with Gasteiger partial charge in [-0.2, -0.15) is 0 Å². The number of ether oxygens (including phenoxy) is 1. The van der Waals surface area contributed by atoms with Gasteiger partial charge in [0, 0.05) is 17.6 Å². The number of hydrogen-bond acceptors (Lipinski definition) is 5. The quantitative estimate of drug-likeness (QED) is 0.283. The fraction of sp³-hybridized carbons (Fsp3) is 0.375. The lowest BCUT2D eigenvalue weighted by Crippen LogP contribution is -2.52. The van der Waals surface area contributed by atoms with Crippen molar-refractivity contribution >= 4 is 39.1 Å². The molecule has 0 spiro atoms. The number of amides is 2. The Bertz CT molecular complexity index is 1460. The van der Waals surface area contributed by atoms with E-state index in [9.17, 15) is 18.0 Å². The van der Waals surface area contributed by atoms with Crippen LogP contribution < -0.4 is 14.4 Å². The first-order valence-electron chi connectivity index (χ1n) is 14.2. The summed E-state index contributed by atoms with van der Waals surface area (Å²) in [6.45, 7) is 5.48. The van der Waals surface area contributed by atoms with Gasteiger partial charge in [0.2, 0.25) is 11.8 Å². The molecule has 0 aromatic heterocycles. The van der Waals surface area contributed by atoms with Crippen LogP contribution in [0.3, 0.4) is 0 Å². The normalized spacial score (nSPS) is 14.3. The number of carbonyl (C=O) groups excluding carboxylic acids is 2. The van der Waals surface area contributed by atoms with Crippen molar-refractivity contribution in [2.75, 3.05) is 17.5 Å². The highest BCUT2D eigenvalue weighted by Crippen LogP contribution is 2.27. The van der Waals surface area contributed by atoms with Crippen molar-refractivity contribution in [3.05, 3.63) is 88.9 Å². The van der Waals surface area contributed by atoms with Crippen LogP contribution >= 0.6 is 11.6 Å². The molecule has 1 saturated carbocycles. The number of anilines is 1. The van der Waals surface area contributed by atoms with Gasteiger partial charge in [-0.3, -0.25) is 13.9 Å². The van der Waals surface area contributed by atoms with Crippen LogP contribution in [0, 0.1) is 6.92 Å². The molecule has 1 aliphatic rings. The van der Waals surface area contributed by atoms with Crippen LogP contribution in [0.15, 0.2) is 77.7 Å². The van der Waals surface area contributed by atoms with Crippen LogP contribution in [0.5, 0.6) is 5.75 Å². The number of carbonyl (C=O) groups is 2. The highest BCUT2D eigenvalue weighted by atomic mass is 35.5. The fourth-order valence-corrected chi connectivity index (χ4v) is 6.54. The minimum Gasteiger partial charge on any atom is -0.494 e. The molecule has 0 heterocycles. The van der Waals surface area contributed by atoms with Crippen LogP contribution in [-0.2, 0) is 26.2 Å². The second-order valence-electron chi connectivity index (χ2n) is 10.6. The third-order valence-corrected chi connectivity index (χ3v) is 9.50. The Morgan fingerprint density at radius 1 is 0.976 bits per heavy atom. The standard InChI is InChI=1S/C32H38ClN3O5S/c1-4-41-29-17-15-28(16-18-29)36(42(39,40)30-19-9-23(2)10-20-30)22-31(37)35(21-25-11-13-26(33)14-12-25)24(3)32(38)34-27-7-5-6-8-27/h9-20,24,27H,4-8,21-22H2,1-3H3,(H,34,38)/t24-/m1/s1. The molecular weight excluding hydrogens is 574 g/mol. The van der Waals surface area contributed by atoms with E-state index in [0.717, 1.165) is 41.1 Å². The van der Waals surface area contributed by atoms with Gasteiger partial charge in [0.15, 0.2) is 0 Å². The molecule has 4 rings (SSSR count). The Labute approximate surface area is 253 Å². The molecule has 2 amide bonds. The smallest absolute Gasteiger partial charge is 0.264 e. The van der Waals surface area contributed by atoms with E-state index < -0.39 is 28.5 Å². The van der Waals surface area contributed by atoms with Crippen molar-refractivity contribution in [1.29, 1.82) is 0 Å². The zero-order valence-corrected chi connectivity index (χ0v) is 25.8. The van der Waals surface area contributed by atoms with Crippen LogP contribution in [0.25, 0.3) is 0 Å². The molecule has 0 aliphatic heterocycles. The third-order valence-electron chi connectivity index (χ3n) is 7.46. The van der Waals surface area contributed by atoms with Crippen molar-refractivity contribution in [2.45, 2.75) is 70.0 Å². The second-order valence-corrected chi connectivity index (χ2v) is 12.9. The first kappa shape index (κ1) is 31.4. The molecule has 0 saturated heterocycles. The average Bonchev–Trinajstić information content (AvgIpc) is 3.49. The minimum absolute atomic E-state index is 0.0612. The predicted octanol–water partition coefficient (Wildman–Crippen LogP) is 5.72. The molecule has 8 nitrogen and oxygen atoms in total. The summed E-state index contributed by atoms with van der Waals surface area (Å²) in [4.78, 5) is 28.9. The van der Waals surface area contributed by atoms with Gasteiger partial charge < -0.3 is 15.0 Å². The minimum atomic E-state index is -4.14. The second kappa shape index (κ2) is 14.1. The van der Waals surface area contributed by atoms with Crippen LogP contribution in [-0.4, -0.2) is 50.4 Å². The topological polar surface area (TPSA) is 96.0 Å². The fourth-order valence-electron chi connectivity index (χ4n) is 5.00. The van der Waals surface area contributed by atoms with Gasteiger partial charge in [0.05, 0.1) is 17.2 Å². The molecule has 42 heavy (non-hydrogen) atoms. The van der Waals surface area contributed by atoms with E-state index in [1.807, 2.05) is 13.8 Å². The van der Waals surface area contributed by atoms with Gasteiger partial charge in [0.25, 0.3) is 10.0 Å². The van der Waals surface area contributed by atoms with E-state index in [2.05, 4.69) is 5.32 Å². The summed E-state index contributed by atoms with van der Waals surface area (Å²) >= 11 is 6.08. The number of nitrogens with one attached hydrogen (secondary N) is 1. The number of halogens is 1. The molecule has 0 unspecified atom stereocenters. The van der Waals surface area contributed by atoms with Crippen molar-refractivity contribution in [3.8, 4) is 5.75 Å². The lowest BCUT2D eigenvalue weighted by molar-refractivity contribution is -0.139. The SMILES string of the molecule is CCOc1ccc(N(CC(=O)N(Cc2ccc(Cl)cc2)[C@H](C)C(=O)NC2CCCC2)S(=O)(=O)c2ccc(C)cc2)cc1. The summed E-state index contributed by atoms with van der Waals surface area (Å²) in [5.41, 5.74) is 1.98. The summed E-state index contributed by atoms with van der Waals surface area (Å²) in [6.07, 6.45) is 3.93. The molecule has 1 atom stereocenters. The van der Waals surface area contributed by atoms with E-state index in [4.69, 9.17) is 16.3 Å². The highest BCUT2D eigenvalue weighted by Gasteiger charge is 2.33. The molecule has 1 fully saturated rings. The van der Waals surface area contributed by atoms with Gasteiger partial charge >= 0.3 is 0 Å². The Morgan fingerprint density at radius 2 is 1.60 bits per heavy atom. The van der Waals surface area contributed by atoms with Crippen molar-refractivity contribution in [1.82, 2.24) is 10.2 Å². The van der Waals surface area contributed by atoms with Crippen LogP contribution in [0.4, 0.5) is 5.69 Å². The van der Waals surface area contributed by atoms with Gasteiger partial charge in [-0.1, -0.05) is 54.3 Å². The molecule has 0 radical (unpaired) electrons. The first-order chi connectivity index (χ1) is 20.1. The van der Waals surface area contributed by atoms with E-state index >= 15 is 0 Å². The van der Waals surface area contributed by atoms with Crippen LogP contribution in [0.1, 0.15) is 50.7 Å². The summed E-state index contributed by atoms with van der Waals surface area (Å²) in [7, 11) is -4.14. The summed E-state index contributed by atoms with van der Waals surface area (Å²) in [6, 6.07) is 19.3. The van der Waals surface area contributed by atoms with E-state index in [1.54, 1.807) is 67.6 Å². The molecule has 10 heteroatoms. The molecule has 3 aromatic rings. The summed E-state index contributed by atoms with van der Waals surface area (Å²) in [5, 5.41) is 3.62. The van der Waals surface area contributed by atoms with Gasteiger partial charge in [-0.05, 0) is 87.7 Å². The number of benzene rings is 3. The monoisotopic (exact) mass is 611 g/mol. The Morgan fingerprint density at radius 3 is 2.19 bits per heavy atom. The third kappa shape index (κ3) is 7.83. The molecule has 224 valence electrons.